The van der Waals surface area contributed by atoms with E-state index < -0.39 is 0 Å². The first-order chi connectivity index (χ1) is 12.2. The number of aryl methyl sites for hydroxylation is 1. The van der Waals surface area contributed by atoms with E-state index in [0.29, 0.717) is 34.6 Å². The maximum absolute atomic E-state index is 12.6. The first-order valence-corrected chi connectivity index (χ1v) is 8.46. The summed E-state index contributed by atoms with van der Waals surface area (Å²) in [6, 6.07) is 10.8. The van der Waals surface area contributed by atoms with Crippen molar-refractivity contribution in [3.05, 3.63) is 59.9 Å². The Bertz CT molecular complexity index is 864. The van der Waals surface area contributed by atoms with Crippen LogP contribution < -0.4 is 10.1 Å². The Labute approximate surface area is 148 Å². The second-order valence-electron chi connectivity index (χ2n) is 5.06. The van der Waals surface area contributed by atoms with Crippen molar-refractivity contribution in [3.63, 3.8) is 0 Å². The van der Waals surface area contributed by atoms with Crippen LogP contribution in [0.4, 0.5) is 5.69 Å². The molecule has 0 saturated carbocycles. The lowest BCUT2D eigenvalue weighted by atomic mass is 10.2. The summed E-state index contributed by atoms with van der Waals surface area (Å²) < 4.78 is 10.1. The Morgan fingerprint density at radius 3 is 2.80 bits per heavy atom. The lowest BCUT2D eigenvalue weighted by molar-refractivity contribution is 0.102. The summed E-state index contributed by atoms with van der Waals surface area (Å²) in [5.41, 5.74) is 1.16. The van der Waals surface area contributed by atoms with Gasteiger partial charge >= 0.3 is 0 Å². The summed E-state index contributed by atoms with van der Waals surface area (Å²) in [5.74, 6) is 1.89. The SMILES string of the molecule is COc1ccc(NC(=O)c2ccccc2SCc2nc(C)no2)cn1. The number of rotatable bonds is 6. The number of benzene rings is 1. The largest absolute Gasteiger partial charge is 0.481 e. The lowest BCUT2D eigenvalue weighted by Gasteiger charge is -2.09. The molecule has 2 aromatic heterocycles. The van der Waals surface area contributed by atoms with Crippen molar-refractivity contribution >= 4 is 23.4 Å². The fraction of sp³-hybridized carbons (Fsp3) is 0.176. The fourth-order valence-corrected chi connectivity index (χ4v) is 2.98. The molecule has 0 atom stereocenters. The molecule has 1 aromatic carbocycles. The van der Waals surface area contributed by atoms with Crippen LogP contribution in [0.15, 0.2) is 52.0 Å². The van der Waals surface area contributed by atoms with Crippen LogP contribution in [0.3, 0.4) is 0 Å². The number of aromatic nitrogens is 3. The quantitative estimate of drug-likeness (QED) is 0.678. The Kier molecular flexibility index (Phi) is 5.30. The predicted octanol–water partition coefficient (Wildman–Crippen LogP) is 3.33. The van der Waals surface area contributed by atoms with Crippen molar-refractivity contribution < 1.29 is 14.1 Å². The number of anilines is 1. The van der Waals surface area contributed by atoms with Gasteiger partial charge in [-0.2, -0.15) is 4.98 Å². The Morgan fingerprint density at radius 1 is 1.28 bits per heavy atom. The van der Waals surface area contributed by atoms with Crippen LogP contribution in [0.1, 0.15) is 22.1 Å². The number of carbonyl (C=O) groups excluding carboxylic acids is 1. The molecule has 0 radical (unpaired) electrons. The van der Waals surface area contributed by atoms with Crippen LogP contribution in [0.2, 0.25) is 0 Å². The molecule has 7 nitrogen and oxygen atoms in total. The predicted molar refractivity (Wildman–Crippen MR) is 93.8 cm³/mol. The van der Waals surface area contributed by atoms with Crippen molar-refractivity contribution in [1.29, 1.82) is 0 Å². The number of amides is 1. The Hall–Kier alpha value is -2.87. The third-order valence-electron chi connectivity index (χ3n) is 3.26. The van der Waals surface area contributed by atoms with Crippen molar-refractivity contribution in [2.75, 3.05) is 12.4 Å². The maximum atomic E-state index is 12.6. The van der Waals surface area contributed by atoms with E-state index in [1.165, 1.54) is 11.8 Å². The van der Waals surface area contributed by atoms with E-state index in [4.69, 9.17) is 9.26 Å². The molecular formula is C17H16N4O3S. The minimum absolute atomic E-state index is 0.211. The Morgan fingerprint density at radius 2 is 2.12 bits per heavy atom. The zero-order valence-electron chi connectivity index (χ0n) is 13.7. The summed E-state index contributed by atoms with van der Waals surface area (Å²) in [5, 5.41) is 6.59. The average molecular weight is 356 g/mol. The van der Waals surface area contributed by atoms with E-state index in [2.05, 4.69) is 20.4 Å². The van der Waals surface area contributed by atoms with Crippen molar-refractivity contribution in [1.82, 2.24) is 15.1 Å². The topological polar surface area (TPSA) is 90.1 Å². The van der Waals surface area contributed by atoms with E-state index in [9.17, 15) is 4.79 Å². The van der Waals surface area contributed by atoms with E-state index in [1.807, 2.05) is 18.2 Å². The van der Waals surface area contributed by atoms with Gasteiger partial charge in [0.2, 0.25) is 11.8 Å². The molecule has 0 aliphatic rings. The second kappa shape index (κ2) is 7.80. The van der Waals surface area contributed by atoms with Crippen LogP contribution in [-0.4, -0.2) is 28.1 Å². The number of carbonyl (C=O) groups is 1. The number of nitrogens with one attached hydrogen (secondary N) is 1. The van der Waals surface area contributed by atoms with Gasteiger partial charge in [0.05, 0.1) is 30.3 Å². The summed E-state index contributed by atoms with van der Waals surface area (Å²) in [7, 11) is 1.54. The van der Waals surface area contributed by atoms with Gasteiger partial charge in [0, 0.05) is 11.0 Å². The van der Waals surface area contributed by atoms with Crippen LogP contribution in [0.5, 0.6) is 5.88 Å². The molecular weight excluding hydrogens is 340 g/mol. The minimum Gasteiger partial charge on any atom is -0.481 e. The van der Waals surface area contributed by atoms with Gasteiger partial charge in [-0.15, -0.1) is 11.8 Å². The van der Waals surface area contributed by atoms with E-state index in [0.717, 1.165) is 4.90 Å². The molecule has 3 rings (SSSR count). The molecule has 0 saturated heterocycles. The molecule has 2 heterocycles. The lowest BCUT2D eigenvalue weighted by Crippen LogP contribution is -2.13. The fourth-order valence-electron chi connectivity index (χ4n) is 2.09. The van der Waals surface area contributed by atoms with Gasteiger partial charge in [0.1, 0.15) is 0 Å². The number of pyridine rings is 1. The molecule has 0 fully saturated rings. The van der Waals surface area contributed by atoms with Crippen molar-refractivity contribution in [3.8, 4) is 5.88 Å². The maximum Gasteiger partial charge on any atom is 0.256 e. The normalized spacial score (nSPS) is 10.5. The molecule has 1 N–H and O–H groups in total. The molecule has 0 unspecified atom stereocenters. The number of thioether (sulfide) groups is 1. The highest BCUT2D eigenvalue weighted by molar-refractivity contribution is 7.98. The third kappa shape index (κ3) is 4.36. The summed E-state index contributed by atoms with van der Waals surface area (Å²) >= 11 is 1.47. The molecule has 0 aliphatic heterocycles. The van der Waals surface area contributed by atoms with Crippen LogP contribution in [0.25, 0.3) is 0 Å². The molecule has 1 amide bonds. The van der Waals surface area contributed by atoms with Gasteiger partial charge in [-0.25, -0.2) is 4.98 Å². The molecule has 128 valence electrons. The molecule has 8 heteroatoms. The van der Waals surface area contributed by atoms with Crippen molar-refractivity contribution in [2.24, 2.45) is 0 Å². The highest BCUT2D eigenvalue weighted by Crippen LogP contribution is 2.26. The number of nitrogens with zero attached hydrogens (tertiary/aromatic N) is 3. The molecule has 0 spiro atoms. The third-order valence-corrected chi connectivity index (χ3v) is 4.31. The van der Waals surface area contributed by atoms with E-state index in [1.54, 1.807) is 38.4 Å². The van der Waals surface area contributed by atoms with Crippen LogP contribution in [0, 0.1) is 6.92 Å². The zero-order valence-corrected chi connectivity index (χ0v) is 14.5. The van der Waals surface area contributed by atoms with Crippen LogP contribution in [-0.2, 0) is 5.75 Å². The van der Waals surface area contributed by atoms with Gasteiger partial charge in [-0.05, 0) is 25.1 Å². The van der Waals surface area contributed by atoms with E-state index in [-0.39, 0.29) is 5.91 Å². The van der Waals surface area contributed by atoms with Crippen molar-refractivity contribution in [2.45, 2.75) is 17.6 Å². The number of methoxy groups -OCH3 is 1. The molecule has 0 bridgehead atoms. The van der Waals surface area contributed by atoms with Crippen LogP contribution >= 0.6 is 11.8 Å². The average Bonchev–Trinajstić information content (AvgIpc) is 3.06. The first kappa shape index (κ1) is 17.0. The zero-order chi connectivity index (χ0) is 17.6. The molecule has 3 aromatic rings. The standard InChI is InChI=1S/C17H16N4O3S/c1-11-19-16(24-21-11)10-25-14-6-4-3-5-13(14)17(22)20-12-7-8-15(23-2)18-9-12/h3-9H,10H2,1-2H3,(H,20,22). The van der Waals surface area contributed by atoms with Gasteiger partial charge < -0.3 is 14.6 Å². The van der Waals surface area contributed by atoms with Gasteiger partial charge in [-0.3, -0.25) is 4.79 Å². The number of hydrogen-bond acceptors (Lipinski definition) is 7. The highest BCUT2D eigenvalue weighted by Gasteiger charge is 2.13. The number of hydrogen-bond donors (Lipinski definition) is 1. The highest BCUT2D eigenvalue weighted by atomic mass is 32.2. The minimum atomic E-state index is -0.211. The van der Waals surface area contributed by atoms with E-state index >= 15 is 0 Å². The van der Waals surface area contributed by atoms with Gasteiger partial charge in [0.15, 0.2) is 5.82 Å². The van der Waals surface area contributed by atoms with Gasteiger partial charge in [0.25, 0.3) is 5.91 Å². The second-order valence-corrected chi connectivity index (χ2v) is 6.08. The first-order valence-electron chi connectivity index (χ1n) is 7.48. The molecule has 0 aliphatic carbocycles. The summed E-state index contributed by atoms with van der Waals surface area (Å²) in [4.78, 5) is 21.6. The smallest absolute Gasteiger partial charge is 0.256 e. The van der Waals surface area contributed by atoms with Gasteiger partial charge in [-0.1, -0.05) is 17.3 Å². The monoisotopic (exact) mass is 356 g/mol. The number of ether oxygens (including phenoxy) is 1. The molecule has 25 heavy (non-hydrogen) atoms. The summed E-state index contributed by atoms with van der Waals surface area (Å²) in [6.07, 6.45) is 1.55. The Balaban J connectivity index is 1.71. The summed E-state index contributed by atoms with van der Waals surface area (Å²) in [6.45, 7) is 1.77.